The van der Waals surface area contributed by atoms with E-state index in [2.05, 4.69) is 9.89 Å². The molecular weight excluding hydrogens is 507 g/mol. The molecule has 182 valence electrons. The molecule has 0 aliphatic carbocycles. The molecule has 0 aromatic heterocycles. The number of hydrogen-bond acceptors (Lipinski definition) is 5. The molecule has 0 saturated heterocycles. The van der Waals surface area contributed by atoms with Crippen molar-refractivity contribution in [2.75, 3.05) is 11.4 Å². The van der Waals surface area contributed by atoms with Crippen molar-refractivity contribution in [3.63, 3.8) is 0 Å². The average molecular weight is 526 g/mol. The van der Waals surface area contributed by atoms with Crippen molar-refractivity contribution in [2.24, 2.45) is 4.99 Å². The lowest BCUT2D eigenvalue weighted by molar-refractivity contribution is -0.163. The SMILES string of the molecule is CCN1/C(=C/C=C\C2=CC(c3ccccc3)=NC3=S=C(C(=O)C(F)(F)F)C(=O)N23)Sc2ccccc21. The van der Waals surface area contributed by atoms with Gasteiger partial charge in [0.15, 0.2) is 5.11 Å². The van der Waals surface area contributed by atoms with Gasteiger partial charge in [-0.05, 0) is 37.3 Å². The summed E-state index contributed by atoms with van der Waals surface area (Å²) in [4.78, 5) is 32.6. The van der Waals surface area contributed by atoms with Crippen LogP contribution in [0.3, 0.4) is 0 Å². The van der Waals surface area contributed by atoms with Crippen molar-refractivity contribution in [1.82, 2.24) is 4.90 Å². The van der Waals surface area contributed by atoms with E-state index in [9.17, 15) is 22.8 Å². The highest BCUT2D eigenvalue weighted by Gasteiger charge is 2.47. The highest BCUT2D eigenvalue weighted by atomic mass is 32.2. The lowest BCUT2D eigenvalue weighted by atomic mass is 10.1. The molecule has 0 radical (unpaired) electrons. The number of hydrogen-bond donors (Lipinski definition) is 0. The Morgan fingerprint density at radius 3 is 2.53 bits per heavy atom. The van der Waals surface area contributed by atoms with Gasteiger partial charge in [-0.3, -0.25) is 14.5 Å². The number of fused-ring (bicyclic) bond motifs is 2. The standard InChI is InChI=1S/C26H18F3N3O2S2/c1-2-31-19-12-6-7-13-20(19)35-21(31)14-8-11-17-15-18(16-9-4-3-5-10-16)30-25-32(17)24(34)22(36-25)23(33)26(27,28)29/h3-15H,2H2,1H3/b11-8-,21-14-. The van der Waals surface area contributed by atoms with Gasteiger partial charge in [0.2, 0.25) is 0 Å². The number of Topliss-reactive ketones (excluding diaryl/α,β-unsaturated/α-hetero) is 1. The molecule has 5 nitrogen and oxygen atoms in total. The van der Waals surface area contributed by atoms with Crippen molar-refractivity contribution >= 4 is 55.8 Å². The van der Waals surface area contributed by atoms with E-state index in [1.807, 2.05) is 67.6 Å². The molecule has 0 atom stereocenters. The van der Waals surface area contributed by atoms with Crippen molar-refractivity contribution in [2.45, 2.75) is 18.0 Å². The molecule has 2 aromatic rings. The summed E-state index contributed by atoms with van der Waals surface area (Å²) in [7, 11) is 0.444. The first-order valence-electron chi connectivity index (χ1n) is 10.9. The van der Waals surface area contributed by atoms with Crippen molar-refractivity contribution in [1.29, 1.82) is 0 Å². The molecular formula is C26H18F3N3O2S2. The number of carbonyl (C=O) groups excluding carboxylic acids is 2. The van der Waals surface area contributed by atoms with Crippen LogP contribution in [0.5, 0.6) is 0 Å². The number of halogens is 3. The maximum atomic E-state index is 13.1. The zero-order valence-corrected chi connectivity index (χ0v) is 20.5. The van der Waals surface area contributed by atoms with E-state index in [-0.39, 0.29) is 5.11 Å². The molecule has 0 spiro atoms. The minimum atomic E-state index is -5.15. The highest BCUT2D eigenvalue weighted by molar-refractivity contribution is 8.03. The van der Waals surface area contributed by atoms with E-state index in [1.54, 1.807) is 30.0 Å². The van der Waals surface area contributed by atoms with E-state index in [0.717, 1.165) is 32.6 Å². The second kappa shape index (κ2) is 9.44. The summed E-state index contributed by atoms with van der Waals surface area (Å²) in [6.07, 6.45) is 1.75. The van der Waals surface area contributed by atoms with Crippen LogP contribution in [0.4, 0.5) is 18.9 Å². The Hall–Kier alpha value is -3.63. The molecule has 2 aromatic carbocycles. The number of rotatable bonds is 5. The van der Waals surface area contributed by atoms with Crippen LogP contribution < -0.4 is 4.90 Å². The normalized spacial score (nSPS) is 18.4. The Morgan fingerprint density at radius 1 is 1.08 bits per heavy atom. The number of carbonyl (C=O) groups is 2. The van der Waals surface area contributed by atoms with Gasteiger partial charge >= 0.3 is 6.18 Å². The fourth-order valence-corrected chi connectivity index (χ4v) is 6.03. The number of ketones is 1. The van der Waals surface area contributed by atoms with Crippen LogP contribution in [0.15, 0.2) is 99.5 Å². The number of amides is 1. The Kier molecular flexibility index (Phi) is 6.31. The second-order valence-electron chi connectivity index (χ2n) is 7.79. The van der Waals surface area contributed by atoms with Crippen LogP contribution in [0.1, 0.15) is 12.5 Å². The van der Waals surface area contributed by atoms with Gasteiger partial charge in [-0.25, -0.2) is 4.99 Å². The molecule has 3 heterocycles. The van der Waals surface area contributed by atoms with Gasteiger partial charge in [0.05, 0.1) is 22.1 Å². The van der Waals surface area contributed by atoms with Crippen molar-refractivity contribution in [3.8, 4) is 0 Å². The lowest BCUT2D eigenvalue weighted by Crippen LogP contribution is -2.42. The predicted molar refractivity (Wildman–Crippen MR) is 139 cm³/mol. The summed E-state index contributed by atoms with van der Waals surface area (Å²) in [5, 5.41) is 0.994. The Labute approximate surface area is 212 Å². The molecule has 1 amide bonds. The second-order valence-corrected chi connectivity index (χ2v) is 9.83. The van der Waals surface area contributed by atoms with Crippen molar-refractivity contribution in [3.05, 3.63) is 95.2 Å². The number of anilines is 1. The molecule has 0 N–H and O–H groups in total. The van der Waals surface area contributed by atoms with Crippen LogP contribution >= 0.6 is 22.7 Å². The smallest absolute Gasteiger partial charge is 0.335 e. The first-order chi connectivity index (χ1) is 17.3. The van der Waals surface area contributed by atoms with Crippen LogP contribution in [0, 0.1) is 0 Å². The first kappa shape index (κ1) is 24.1. The number of alkyl halides is 3. The van der Waals surface area contributed by atoms with Gasteiger partial charge in [0.25, 0.3) is 11.7 Å². The number of para-hydroxylation sites is 1. The number of benzene rings is 2. The van der Waals surface area contributed by atoms with Crippen LogP contribution in [0.2, 0.25) is 0 Å². The van der Waals surface area contributed by atoms with Gasteiger partial charge in [0.1, 0.15) is 4.86 Å². The summed E-state index contributed by atoms with van der Waals surface area (Å²) in [5.41, 5.74) is 2.64. The first-order valence-corrected chi connectivity index (χ1v) is 12.6. The largest absolute Gasteiger partial charge is 0.455 e. The Bertz CT molecular complexity index is 1470. The molecule has 3 aliphatic rings. The fraction of sp³-hybridized carbons (Fsp3) is 0.115. The van der Waals surface area contributed by atoms with Gasteiger partial charge in [-0.15, -0.1) is 0 Å². The summed E-state index contributed by atoms with van der Waals surface area (Å²) < 4.78 is 39.3. The maximum absolute atomic E-state index is 13.1. The molecule has 36 heavy (non-hydrogen) atoms. The summed E-state index contributed by atoms with van der Waals surface area (Å²) in [6.45, 7) is 2.80. The zero-order chi connectivity index (χ0) is 25.4. The molecule has 0 fully saturated rings. The number of thioether (sulfide) groups is 1. The number of aliphatic imine (C=N–C) groups is 1. The van der Waals surface area contributed by atoms with Crippen LogP contribution in [-0.4, -0.2) is 45.0 Å². The predicted octanol–water partition coefficient (Wildman–Crippen LogP) is 5.37. The maximum Gasteiger partial charge on any atom is 0.455 e. The van der Waals surface area contributed by atoms with Gasteiger partial charge in [-0.1, -0.05) is 71.2 Å². The van der Waals surface area contributed by atoms with E-state index < -0.39 is 22.7 Å². The van der Waals surface area contributed by atoms with E-state index >= 15 is 0 Å². The lowest BCUT2D eigenvalue weighted by Gasteiger charge is -2.23. The quantitative estimate of drug-likeness (QED) is 0.493. The van der Waals surface area contributed by atoms with Crippen molar-refractivity contribution < 1.29 is 22.8 Å². The highest BCUT2D eigenvalue weighted by Crippen LogP contribution is 2.45. The van der Waals surface area contributed by atoms with E-state index in [0.29, 0.717) is 22.3 Å². The fourth-order valence-electron chi connectivity index (χ4n) is 3.89. The summed E-state index contributed by atoms with van der Waals surface area (Å²) in [6, 6.07) is 17.1. The number of nitrogens with zero attached hydrogens (tertiary/aromatic N) is 3. The van der Waals surface area contributed by atoms with Gasteiger partial charge < -0.3 is 4.90 Å². The Balaban J connectivity index is 1.51. The topological polar surface area (TPSA) is 53.0 Å². The zero-order valence-electron chi connectivity index (χ0n) is 18.8. The van der Waals surface area contributed by atoms with Crippen LogP contribution in [-0.2, 0) is 9.59 Å². The third kappa shape index (κ3) is 4.38. The molecule has 0 bridgehead atoms. The third-order valence-corrected chi connectivity index (χ3v) is 7.68. The third-order valence-electron chi connectivity index (χ3n) is 5.53. The average Bonchev–Trinajstić information content (AvgIpc) is 3.40. The molecule has 5 rings (SSSR count). The minimum absolute atomic E-state index is 0.0130. The number of allylic oxidation sites excluding steroid dienone is 4. The van der Waals surface area contributed by atoms with E-state index in [4.69, 9.17) is 0 Å². The monoisotopic (exact) mass is 525 g/mol. The van der Waals surface area contributed by atoms with Gasteiger partial charge in [0, 0.05) is 17.0 Å². The molecule has 3 aliphatic heterocycles. The summed E-state index contributed by atoms with van der Waals surface area (Å²) >= 11 is 1.61. The van der Waals surface area contributed by atoms with E-state index in [1.165, 1.54) is 0 Å². The van der Waals surface area contributed by atoms with Crippen LogP contribution in [0.25, 0.3) is 0 Å². The molecule has 10 heteroatoms. The minimum Gasteiger partial charge on any atom is -0.335 e. The molecule has 0 unspecified atom stereocenters. The Morgan fingerprint density at radius 2 is 1.81 bits per heavy atom. The summed E-state index contributed by atoms with van der Waals surface area (Å²) in [5.74, 6) is -3.20. The molecule has 0 saturated carbocycles. The van der Waals surface area contributed by atoms with Gasteiger partial charge in [-0.2, -0.15) is 13.2 Å².